The van der Waals surface area contributed by atoms with E-state index >= 15 is 0 Å². The van der Waals surface area contributed by atoms with Gasteiger partial charge >= 0.3 is 0 Å². The summed E-state index contributed by atoms with van der Waals surface area (Å²) in [5.41, 5.74) is 1.72. The van der Waals surface area contributed by atoms with E-state index in [-0.39, 0.29) is 0 Å². The number of aryl methyl sites for hydroxylation is 1. The fourth-order valence-corrected chi connectivity index (χ4v) is 3.73. The van der Waals surface area contributed by atoms with Crippen molar-refractivity contribution in [3.8, 4) is 0 Å². The van der Waals surface area contributed by atoms with Crippen molar-refractivity contribution in [1.29, 1.82) is 0 Å². The van der Waals surface area contributed by atoms with Crippen LogP contribution in [-0.2, 0) is 23.1 Å². The van der Waals surface area contributed by atoms with Gasteiger partial charge in [-0.1, -0.05) is 13.8 Å². The second-order valence-electron chi connectivity index (χ2n) is 7.51. The average molecular weight is 352 g/mol. The molecule has 0 radical (unpaired) electrons. The summed E-state index contributed by atoms with van der Waals surface area (Å²) < 4.78 is 12.9. The molecule has 0 atom stereocenters. The predicted molar refractivity (Wildman–Crippen MR) is 97.0 cm³/mol. The maximum Gasteiger partial charge on any atom is 0.131 e. The molecule has 7 heteroatoms. The lowest BCUT2D eigenvalue weighted by Gasteiger charge is -2.33. The molecule has 0 spiro atoms. The van der Waals surface area contributed by atoms with Gasteiger partial charge in [-0.25, -0.2) is 0 Å². The van der Waals surface area contributed by atoms with Gasteiger partial charge in [-0.05, 0) is 5.92 Å². The van der Waals surface area contributed by atoms with Crippen molar-refractivity contribution in [1.82, 2.24) is 15.1 Å². The van der Waals surface area contributed by atoms with E-state index in [1.54, 1.807) is 0 Å². The highest BCUT2D eigenvalue weighted by Crippen LogP contribution is 2.29. The highest BCUT2D eigenvalue weighted by atomic mass is 16.5. The summed E-state index contributed by atoms with van der Waals surface area (Å²) in [5.74, 6) is 1.54. The van der Waals surface area contributed by atoms with Crippen LogP contribution in [0.4, 0.5) is 5.82 Å². The van der Waals surface area contributed by atoms with Crippen molar-refractivity contribution in [2.75, 3.05) is 51.0 Å². The van der Waals surface area contributed by atoms with Gasteiger partial charge in [0.15, 0.2) is 0 Å². The van der Waals surface area contributed by atoms with Crippen LogP contribution < -0.4 is 10.2 Å². The van der Waals surface area contributed by atoms with Gasteiger partial charge in [0.2, 0.25) is 0 Å². The molecule has 0 amide bonds. The summed E-state index contributed by atoms with van der Waals surface area (Å²) in [4.78, 5) is 2.36. The van der Waals surface area contributed by atoms with Crippen LogP contribution in [0.1, 0.15) is 43.9 Å². The van der Waals surface area contributed by atoms with Crippen LogP contribution in [-0.4, -0.2) is 66.5 Å². The molecule has 7 nitrogen and oxygen atoms in total. The summed E-state index contributed by atoms with van der Waals surface area (Å²) in [7, 11) is 2.02. The predicted octanol–water partition coefficient (Wildman–Crippen LogP) is 1.01. The Morgan fingerprint density at radius 1 is 1.16 bits per heavy atom. The molecule has 2 aliphatic heterocycles. The van der Waals surface area contributed by atoms with Crippen LogP contribution in [0.25, 0.3) is 0 Å². The van der Waals surface area contributed by atoms with E-state index in [0.29, 0.717) is 38.5 Å². The van der Waals surface area contributed by atoms with Crippen LogP contribution in [0.2, 0.25) is 0 Å². The molecule has 0 bridgehead atoms. The molecule has 2 aliphatic rings. The standard InChI is InChI=1S/C18H32N4O3/c1-14(2)16-15(12-19-13-18(23)4-8-24-9-5-18)17(21(3)20-16)22-6-10-25-11-7-22/h14,19,23H,4-13H2,1-3H3. The lowest BCUT2D eigenvalue weighted by molar-refractivity contribution is -0.0617. The molecular weight excluding hydrogens is 320 g/mol. The fourth-order valence-electron chi connectivity index (χ4n) is 3.73. The molecule has 3 heterocycles. The molecule has 1 aromatic heterocycles. The van der Waals surface area contributed by atoms with Crippen LogP contribution in [0.3, 0.4) is 0 Å². The topological polar surface area (TPSA) is 71.8 Å². The summed E-state index contributed by atoms with van der Waals surface area (Å²) in [6, 6.07) is 0. The molecule has 0 saturated carbocycles. The summed E-state index contributed by atoms with van der Waals surface area (Å²) >= 11 is 0. The molecule has 2 fully saturated rings. The Hall–Kier alpha value is -1.15. The number of nitrogens with one attached hydrogen (secondary N) is 1. The average Bonchev–Trinajstić information content (AvgIpc) is 2.93. The van der Waals surface area contributed by atoms with Gasteiger partial charge in [0.1, 0.15) is 5.82 Å². The Bertz CT molecular complexity index is 561. The monoisotopic (exact) mass is 352 g/mol. The van der Waals surface area contributed by atoms with Gasteiger partial charge in [-0.2, -0.15) is 5.10 Å². The SMILES string of the molecule is CC(C)c1nn(C)c(N2CCOCC2)c1CNCC1(O)CCOCC1. The zero-order valence-electron chi connectivity index (χ0n) is 15.8. The Morgan fingerprint density at radius 2 is 1.80 bits per heavy atom. The van der Waals surface area contributed by atoms with E-state index in [9.17, 15) is 5.11 Å². The molecule has 1 aromatic rings. The summed E-state index contributed by atoms with van der Waals surface area (Å²) in [6.45, 7) is 10.3. The largest absolute Gasteiger partial charge is 0.388 e. The number of morpholine rings is 1. The molecule has 142 valence electrons. The zero-order chi connectivity index (χ0) is 17.9. The van der Waals surface area contributed by atoms with Crippen LogP contribution in [0.5, 0.6) is 0 Å². The summed E-state index contributed by atoms with van der Waals surface area (Å²) in [5, 5.41) is 18.9. The highest BCUT2D eigenvalue weighted by Gasteiger charge is 2.30. The Balaban J connectivity index is 1.73. The number of rotatable bonds is 6. The lowest BCUT2D eigenvalue weighted by Crippen LogP contribution is -2.45. The fraction of sp³-hybridized carbons (Fsp3) is 0.833. The molecule has 0 unspecified atom stereocenters. The van der Waals surface area contributed by atoms with Crippen LogP contribution in [0.15, 0.2) is 0 Å². The second-order valence-corrected chi connectivity index (χ2v) is 7.51. The van der Waals surface area contributed by atoms with Gasteiger partial charge in [0, 0.05) is 64.8 Å². The van der Waals surface area contributed by atoms with Crippen molar-refractivity contribution >= 4 is 5.82 Å². The Morgan fingerprint density at radius 3 is 2.44 bits per heavy atom. The number of aromatic nitrogens is 2. The quantitative estimate of drug-likeness (QED) is 0.796. The van der Waals surface area contributed by atoms with Crippen LogP contribution >= 0.6 is 0 Å². The first kappa shape index (κ1) is 18.6. The van der Waals surface area contributed by atoms with E-state index in [4.69, 9.17) is 14.6 Å². The Kier molecular flexibility index (Phi) is 5.99. The molecule has 2 N–H and O–H groups in total. The summed E-state index contributed by atoms with van der Waals surface area (Å²) in [6.07, 6.45) is 1.39. The zero-order valence-corrected chi connectivity index (χ0v) is 15.8. The number of nitrogens with zero attached hydrogens (tertiary/aromatic N) is 3. The van der Waals surface area contributed by atoms with Crippen molar-refractivity contribution in [3.63, 3.8) is 0 Å². The van der Waals surface area contributed by atoms with E-state index in [1.165, 1.54) is 11.4 Å². The first-order chi connectivity index (χ1) is 12.0. The minimum absolute atomic E-state index is 0.365. The Labute approximate surface area is 150 Å². The number of hydrogen-bond acceptors (Lipinski definition) is 6. The number of aliphatic hydroxyl groups is 1. The third-order valence-corrected chi connectivity index (χ3v) is 5.18. The lowest BCUT2D eigenvalue weighted by atomic mass is 9.94. The van der Waals surface area contributed by atoms with E-state index in [2.05, 4.69) is 24.1 Å². The molecule has 0 aromatic carbocycles. The minimum Gasteiger partial charge on any atom is -0.388 e. The first-order valence-electron chi connectivity index (χ1n) is 9.39. The third kappa shape index (κ3) is 4.34. The van der Waals surface area contributed by atoms with Gasteiger partial charge in [-0.15, -0.1) is 0 Å². The van der Waals surface area contributed by atoms with Gasteiger partial charge in [0.25, 0.3) is 0 Å². The van der Waals surface area contributed by atoms with Gasteiger partial charge < -0.3 is 24.8 Å². The maximum atomic E-state index is 10.7. The maximum absolute atomic E-state index is 10.7. The van der Waals surface area contributed by atoms with Crippen molar-refractivity contribution < 1.29 is 14.6 Å². The van der Waals surface area contributed by atoms with Crippen LogP contribution in [0, 0.1) is 0 Å². The highest BCUT2D eigenvalue weighted by molar-refractivity contribution is 5.51. The molecular formula is C18H32N4O3. The van der Waals surface area contributed by atoms with Gasteiger partial charge in [0.05, 0.1) is 24.5 Å². The number of ether oxygens (including phenoxy) is 2. The molecule has 0 aliphatic carbocycles. The molecule has 3 rings (SSSR count). The van der Waals surface area contributed by atoms with Gasteiger partial charge in [-0.3, -0.25) is 4.68 Å². The van der Waals surface area contributed by atoms with Crippen molar-refractivity contribution in [3.05, 3.63) is 11.3 Å². The molecule has 25 heavy (non-hydrogen) atoms. The van der Waals surface area contributed by atoms with E-state index in [1.807, 2.05) is 11.7 Å². The van der Waals surface area contributed by atoms with Crippen molar-refractivity contribution in [2.24, 2.45) is 7.05 Å². The normalized spacial score (nSPS) is 21.1. The van der Waals surface area contributed by atoms with Crippen molar-refractivity contribution in [2.45, 2.75) is 44.8 Å². The third-order valence-electron chi connectivity index (χ3n) is 5.18. The second kappa shape index (κ2) is 8.03. The smallest absolute Gasteiger partial charge is 0.131 e. The first-order valence-corrected chi connectivity index (χ1v) is 9.39. The number of hydrogen-bond donors (Lipinski definition) is 2. The van der Waals surface area contributed by atoms with E-state index < -0.39 is 5.60 Å². The van der Waals surface area contributed by atoms with E-state index in [0.717, 1.165) is 38.5 Å². The molecule has 2 saturated heterocycles. The number of anilines is 1. The minimum atomic E-state index is -0.655.